The van der Waals surface area contributed by atoms with Crippen LogP contribution in [0.2, 0.25) is 5.02 Å². The van der Waals surface area contributed by atoms with Gasteiger partial charge in [0.05, 0.1) is 5.69 Å². The molecule has 0 saturated carbocycles. The number of rotatable bonds is 5. The molecule has 2 N–H and O–H groups in total. The molecule has 7 heteroatoms. The lowest BCUT2D eigenvalue weighted by Crippen LogP contribution is -2.25. The number of imidazole rings is 1. The second-order valence-corrected chi connectivity index (χ2v) is 6.61. The van der Waals surface area contributed by atoms with E-state index in [1.807, 2.05) is 11.5 Å². The molecule has 0 bridgehead atoms. The van der Waals surface area contributed by atoms with Gasteiger partial charge in [0, 0.05) is 23.8 Å². The molecule has 2 heterocycles. The minimum absolute atomic E-state index is 0.253. The molecule has 2 aromatic rings. The highest BCUT2D eigenvalue weighted by molar-refractivity contribution is 6.31. The number of anilines is 1. The van der Waals surface area contributed by atoms with Gasteiger partial charge in [0.2, 0.25) is 0 Å². The van der Waals surface area contributed by atoms with E-state index in [1.165, 1.54) is 0 Å². The molecule has 1 aromatic heterocycles. The molecule has 0 fully saturated rings. The van der Waals surface area contributed by atoms with Crippen molar-refractivity contribution in [2.24, 2.45) is 0 Å². The van der Waals surface area contributed by atoms with Crippen molar-refractivity contribution in [3.05, 3.63) is 58.7 Å². The predicted octanol–water partition coefficient (Wildman–Crippen LogP) is 3.35. The first-order valence-corrected chi connectivity index (χ1v) is 8.95. The lowest BCUT2D eigenvalue weighted by Gasteiger charge is -2.17. The minimum Gasteiger partial charge on any atom is -0.347 e. The Morgan fingerprint density at radius 3 is 2.92 bits per heavy atom. The van der Waals surface area contributed by atoms with Gasteiger partial charge in [-0.15, -0.1) is 6.58 Å². The SMILES string of the molecule is C=CCNC(=O)c1nc(C(=O)Nc2cccc(Cl)c2C)n2c1CCCC2. The number of benzene rings is 1. The molecule has 1 aliphatic heterocycles. The van der Waals surface area contributed by atoms with E-state index in [2.05, 4.69) is 22.2 Å². The molecule has 0 saturated heterocycles. The van der Waals surface area contributed by atoms with E-state index in [1.54, 1.807) is 24.3 Å². The fraction of sp³-hybridized carbons (Fsp3) is 0.316. The first-order valence-electron chi connectivity index (χ1n) is 8.58. The Kier molecular flexibility index (Phi) is 5.42. The van der Waals surface area contributed by atoms with Gasteiger partial charge in [-0.3, -0.25) is 9.59 Å². The van der Waals surface area contributed by atoms with Crippen molar-refractivity contribution in [3.8, 4) is 0 Å². The Bertz CT molecular complexity index is 873. The minimum atomic E-state index is -0.346. The van der Waals surface area contributed by atoms with Crippen LogP contribution in [-0.4, -0.2) is 27.9 Å². The number of hydrogen-bond donors (Lipinski definition) is 2. The van der Waals surface area contributed by atoms with Crippen LogP contribution < -0.4 is 10.6 Å². The van der Waals surface area contributed by atoms with Crippen LogP contribution in [0, 0.1) is 6.92 Å². The van der Waals surface area contributed by atoms with Gasteiger partial charge in [-0.2, -0.15) is 0 Å². The number of amides is 2. The van der Waals surface area contributed by atoms with Crippen molar-refractivity contribution in [2.45, 2.75) is 32.7 Å². The van der Waals surface area contributed by atoms with E-state index in [0.29, 0.717) is 29.5 Å². The van der Waals surface area contributed by atoms with Crippen molar-refractivity contribution in [3.63, 3.8) is 0 Å². The van der Waals surface area contributed by atoms with Crippen LogP contribution in [0.5, 0.6) is 0 Å². The predicted molar refractivity (Wildman–Crippen MR) is 102 cm³/mol. The van der Waals surface area contributed by atoms with Gasteiger partial charge in [-0.05, 0) is 43.9 Å². The zero-order valence-corrected chi connectivity index (χ0v) is 15.4. The summed E-state index contributed by atoms with van der Waals surface area (Å²) < 4.78 is 1.85. The van der Waals surface area contributed by atoms with E-state index < -0.39 is 0 Å². The summed E-state index contributed by atoms with van der Waals surface area (Å²) in [5.41, 5.74) is 2.55. The van der Waals surface area contributed by atoms with Gasteiger partial charge in [0.25, 0.3) is 11.8 Å². The number of nitrogens with zero attached hydrogens (tertiary/aromatic N) is 2. The standard InChI is InChI=1S/C19H21ClN4O2/c1-3-10-21-18(25)16-15-9-4-5-11-24(15)17(23-16)19(26)22-14-8-6-7-13(20)12(14)2/h3,6-8H,1,4-5,9-11H2,2H3,(H,21,25)(H,22,26). The normalized spacial score (nSPS) is 13.0. The van der Waals surface area contributed by atoms with E-state index >= 15 is 0 Å². The highest BCUT2D eigenvalue weighted by atomic mass is 35.5. The second kappa shape index (κ2) is 7.74. The van der Waals surface area contributed by atoms with Crippen LogP contribution in [0.4, 0.5) is 5.69 Å². The van der Waals surface area contributed by atoms with E-state index in [9.17, 15) is 9.59 Å². The number of carbonyl (C=O) groups excluding carboxylic acids is 2. The summed E-state index contributed by atoms with van der Waals surface area (Å²) in [4.78, 5) is 29.6. The molecule has 26 heavy (non-hydrogen) atoms. The lowest BCUT2D eigenvalue weighted by atomic mass is 10.1. The Labute approximate surface area is 157 Å². The molecule has 2 amide bonds. The third-order valence-corrected chi connectivity index (χ3v) is 4.87. The summed E-state index contributed by atoms with van der Waals surface area (Å²) >= 11 is 6.12. The van der Waals surface area contributed by atoms with Crippen LogP contribution in [-0.2, 0) is 13.0 Å². The summed E-state index contributed by atoms with van der Waals surface area (Å²) in [5.74, 6) is -0.377. The largest absolute Gasteiger partial charge is 0.347 e. The van der Waals surface area contributed by atoms with Crippen molar-refractivity contribution >= 4 is 29.1 Å². The van der Waals surface area contributed by atoms with Gasteiger partial charge in [0.15, 0.2) is 5.82 Å². The maximum atomic E-state index is 12.8. The first-order chi connectivity index (χ1) is 12.5. The maximum absolute atomic E-state index is 12.8. The Balaban J connectivity index is 1.92. The molecule has 0 aliphatic carbocycles. The Hall–Kier alpha value is -2.60. The number of aromatic nitrogens is 2. The summed E-state index contributed by atoms with van der Waals surface area (Å²) in [6.45, 7) is 6.47. The molecule has 1 aromatic carbocycles. The zero-order valence-electron chi connectivity index (χ0n) is 14.6. The van der Waals surface area contributed by atoms with Crippen LogP contribution in [0.3, 0.4) is 0 Å². The first kappa shape index (κ1) is 18.2. The molecular weight excluding hydrogens is 352 g/mol. The number of halogens is 1. The van der Waals surface area contributed by atoms with Crippen molar-refractivity contribution in [1.82, 2.24) is 14.9 Å². The average molecular weight is 373 g/mol. The second-order valence-electron chi connectivity index (χ2n) is 6.20. The molecule has 0 spiro atoms. The zero-order chi connectivity index (χ0) is 18.7. The monoisotopic (exact) mass is 372 g/mol. The summed E-state index contributed by atoms with van der Waals surface area (Å²) in [6.07, 6.45) is 4.26. The fourth-order valence-corrected chi connectivity index (χ4v) is 3.24. The van der Waals surface area contributed by atoms with Crippen LogP contribution >= 0.6 is 11.6 Å². The van der Waals surface area contributed by atoms with E-state index in [4.69, 9.17) is 11.6 Å². The van der Waals surface area contributed by atoms with Gasteiger partial charge in [0.1, 0.15) is 5.69 Å². The highest BCUT2D eigenvalue weighted by Crippen LogP contribution is 2.25. The number of nitrogens with one attached hydrogen (secondary N) is 2. The van der Waals surface area contributed by atoms with Crippen LogP contribution in [0.15, 0.2) is 30.9 Å². The number of carbonyl (C=O) groups is 2. The molecule has 0 unspecified atom stereocenters. The topological polar surface area (TPSA) is 76.0 Å². The molecule has 1 aliphatic rings. The Morgan fingerprint density at radius 1 is 1.35 bits per heavy atom. The molecule has 6 nitrogen and oxygen atoms in total. The average Bonchev–Trinajstić information content (AvgIpc) is 3.03. The number of hydrogen-bond acceptors (Lipinski definition) is 3. The summed E-state index contributed by atoms with van der Waals surface area (Å²) in [5, 5.41) is 6.17. The van der Waals surface area contributed by atoms with Gasteiger partial charge < -0.3 is 15.2 Å². The molecule has 3 rings (SSSR count). The summed E-state index contributed by atoms with van der Waals surface area (Å²) in [7, 11) is 0. The Morgan fingerprint density at radius 2 is 2.15 bits per heavy atom. The molecule has 136 valence electrons. The lowest BCUT2D eigenvalue weighted by molar-refractivity contribution is 0.0952. The molecule has 0 atom stereocenters. The third kappa shape index (κ3) is 3.51. The summed E-state index contributed by atoms with van der Waals surface area (Å²) in [6, 6.07) is 5.34. The van der Waals surface area contributed by atoms with Gasteiger partial charge >= 0.3 is 0 Å². The van der Waals surface area contributed by atoms with Crippen LogP contribution in [0.1, 0.15) is 45.2 Å². The quantitative estimate of drug-likeness (QED) is 0.790. The fourth-order valence-electron chi connectivity index (χ4n) is 3.07. The van der Waals surface area contributed by atoms with Crippen molar-refractivity contribution in [1.29, 1.82) is 0 Å². The smallest absolute Gasteiger partial charge is 0.291 e. The van der Waals surface area contributed by atoms with Gasteiger partial charge in [-0.25, -0.2) is 4.98 Å². The van der Waals surface area contributed by atoms with Crippen LogP contribution in [0.25, 0.3) is 0 Å². The van der Waals surface area contributed by atoms with Crippen molar-refractivity contribution < 1.29 is 9.59 Å². The van der Waals surface area contributed by atoms with E-state index in [-0.39, 0.29) is 17.6 Å². The molecular formula is C19H21ClN4O2. The number of fused-ring (bicyclic) bond motifs is 1. The van der Waals surface area contributed by atoms with Crippen molar-refractivity contribution in [2.75, 3.05) is 11.9 Å². The highest BCUT2D eigenvalue weighted by Gasteiger charge is 2.27. The molecule has 0 radical (unpaired) electrons. The third-order valence-electron chi connectivity index (χ3n) is 4.46. The van der Waals surface area contributed by atoms with E-state index in [0.717, 1.165) is 30.5 Å². The maximum Gasteiger partial charge on any atom is 0.291 e. The van der Waals surface area contributed by atoms with Gasteiger partial charge in [-0.1, -0.05) is 23.7 Å².